The minimum atomic E-state index is -0.328. The van der Waals surface area contributed by atoms with E-state index >= 15 is 0 Å². The maximum Gasteiger partial charge on any atom is 0.373 e. The number of carbonyl (C=O) groups is 2. The van der Waals surface area contributed by atoms with Crippen LogP contribution in [-0.2, 0) is 25.5 Å². The predicted molar refractivity (Wildman–Crippen MR) is 122 cm³/mol. The summed E-state index contributed by atoms with van der Waals surface area (Å²) in [5.41, 5.74) is 5.39. The molecule has 0 saturated carbocycles. The van der Waals surface area contributed by atoms with Crippen LogP contribution in [0.1, 0.15) is 40.9 Å². The van der Waals surface area contributed by atoms with Crippen molar-refractivity contribution in [2.24, 2.45) is 0 Å². The van der Waals surface area contributed by atoms with Gasteiger partial charge in [-0.15, -0.1) is 0 Å². The average molecular weight is 437 g/mol. The molecule has 0 bridgehead atoms. The summed E-state index contributed by atoms with van der Waals surface area (Å²) in [7, 11) is 0. The van der Waals surface area contributed by atoms with E-state index in [1.807, 2.05) is 24.3 Å². The number of carbonyl (C=O) groups excluding carboxylic acids is 4. The molecule has 2 aromatic rings. The molecule has 0 spiro atoms. The Labute approximate surface area is 186 Å². The number of esters is 1. The van der Waals surface area contributed by atoms with Gasteiger partial charge >= 0.3 is 12.1 Å². The Kier molecular flexibility index (Phi) is 9.69. The Morgan fingerprint density at radius 1 is 0.935 bits per heavy atom. The molecule has 1 aliphatic rings. The third-order valence-corrected chi connectivity index (χ3v) is 5.62. The summed E-state index contributed by atoms with van der Waals surface area (Å²) in [6.07, 6.45) is 5.16. The van der Waals surface area contributed by atoms with Crippen LogP contribution in [0, 0.1) is 0 Å². The highest BCUT2D eigenvalue weighted by molar-refractivity contribution is 7.99. The second kappa shape index (κ2) is 12.5. The molecule has 0 atom stereocenters. The van der Waals surface area contributed by atoms with E-state index in [4.69, 9.17) is 14.3 Å². The van der Waals surface area contributed by atoms with Gasteiger partial charge in [0.05, 0.1) is 12.2 Å². The predicted octanol–water partition coefficient (Wildman–Crippen LogP) is 4.63. The Hall–Kier alpha value is -3.21. The van der Waals surface area contributed by atoms with Crippen LogP contribution in [0.3, 0.4) is 0 Å². The maximum atomic E-state index is 12.9. The molecule has 0 amide bonds. The fraction of sp³-hybridized carbons (Fsp3) is 0.240. The number of aryl methyl sites for hydroxylation is 1. The van der Waals surface area contributed by atoms with Crippen molar-refractivity contribution >= 4 is 41.8 Å². The van der Waals surface area contributed by atoms with E-state index in [1.54, 1.807) is 30.8 Å². The van der Waals surface area contributed by atoms with Gasteiger partial charge in [-0.1, -0.05) is 43.3 Å². The van der Waals surface area contributed by atoms with Gasteiger partial charge in [-0.25, -0.2) is 4.79 Å². The first-order chi connectivity index (χ1) is 15.0. The van der Waals surface area contributed by atoms with Crippen LogP contribution >= 0.6 is 11.8 Å². The van der Waals surface area contributed by atoms with Crippen molar-refractivity contribution in [3.63, 3.8) is 0 Å². The molecule has 1 fully saturated rings. The number of thioether (sulfide) groups is 1. The van der Waals surface area contributed by atoms with Gasteiger partial charge in [-0.05, 0) is 54.3 Å². The van der Waals surface area contributed by atoms with Crippen LogP contribution in [-0.4, -0.2) is 36.0 Å². The molecule has 1 saturated heterocycles. The van der Waals surface area contributed by atoms with E-state index in [-0.39, 0.29) is 17.9 Å². The van der Waals surface area contributed by atoms with Crippen molar-refractivity contribution in [2.75, 3.05) is 18.1 Å². The first kappa shape index (κ1) is 24.1. The lowest BCUT2D eigenvalue weighted by atomic mass is 9.99. The molecule has 2 aromatic carbocycles. The van der Waals surface area contributed by atoms with Crippen LogP contribution in [0.5, 0.6) is 0 Å². The van der Waals surface area contributed by atoms with E-state index in [0.717, 1.165) is 34.4 Å². The molecule has 0 radical (unpaired) electrons. The number of hydrogen-bond acceptors (Lipinski definition) is 6. The van der Waals surface area contributed by atoms with Gasteiger partial charge in [-0.3, -0.25) is 4.79 Å². The molecular weight excluding hydrogens is 412 g/mol. The Balaban J connectivity index is 0.00000107. The lowest BCUT2D eigenvalue weighted by Crippen LogP contribution is -2.16. The lowest BCUT2D eigenvalue weighted by molar-refractivity contribution is -0.191. The quantitative estimate of drug-likeness (QED) is 0.503. The standard InChI is InChI=1S/C24H24O3S.CO2/c1-3-17-5-7-18(8-6-17)13-21-15-28-16-22(23(21)25)14-19-9-11-20(12-10-19)24(26)27-4-2;2-1-3/h5-14H,3-4,15-16H2,1-2H3;/b21-13+,22-14+;. The number of Topliss-reactive ketones (excluding diaryl/α,β-unsaturated/α-hetero) is 1. The molecule has 0 aromatic heterocycles. The SMILES string of the molecule is CCOC(=O)c1ccc(/C=C2\CSC/C(=C\c3ccc(CC)cc3)C2=O)cc1.O=C=O. The summed E-state index contributed by atoms with van der Waals surface area (Å²) in [5, 5.41) is 0. The van der Waals surface area contributed by atoms with Crippen molar-refractivity contribution < 1.29 is 23.9 Å². The maximum absolute atomic E-state index is 12.9. The molecule has 160 valence electrons. The van der Waals surface area contributed by atoms with E-state index < -0.39 is 0 Å². The van der Waals surface area contributed by atoms with Crippen LogP contribution in [0.4, 0.5) is 0 Å². The van der Waals surface area contributed by atoms with Crippen LogP contribution in [0.25, 0.3) is 12.2 Å². The minimum absolute atomic E-state index is 0.104. The summed E-state index contributed by atoms with van der Waals surface area (Å²) in [6, 6.07) is 15.5. The zero-order chi connectivity index (χ0) is 22.6. The molecular formula is C25H24O5S. The molecule has 6 heteroatoms. The van der Waals surface area contributed by atoms with Gasteiger partial charge in [-0.2, -0.15) is 21.4 Å². The highest BCUT2D eigenvalue weighted by Crippen LogP contribution is 2.27. The number of ether oxygens (including phenoxy) is 1. The molecule has 3 rings (SSSR count). The molecule has 1 aliphatic heterocycles. The van der Waals surface area contributed by atoms with Gasteiger partial charge in [0.25, 0.3) is 0 Å². The van der Waals surface area contributed by atoms with Crippen LogP contribution in [0.15, 0.2) is 59.7 Å². The molecule has 0 N–H and O–H groups in total. The largest absolute Gasteiger partial charge is 0.462 e. The summed E-state index contributed by atoms with van der Waals surface area (Å²) < 4.78 is 5.00. The fourth-order valence-corrected chi connectivity index (χ4v) is 3.98. The number of hydrogen-bond donors (Lipinski definition) is 0. The zero-order valence-electron chi connectivity index (χ0n) is 17.6. The van der Waals surface area contributed by atoms with Crippen molar-refractivity contribution in [1.82, 2.24) is 0 Å². The normalized spacial score (nSPS) is 15.7. The fourth-order valence-electron chi connectivity index (χ4n) is 3.00. The van der Waals surface area contributed by atoms with Crippen molar-refractivity contribution in [2.45, 2.75) is 20.3 Å². The van der Waals surface area contributed by atoms with E-state index in [0.29, 0.717) is 17.9 Å². The smallest absolute Gasteiger partial charge is 0.373 e. The highest BCUT2D eigenvalue weighted by atomic mass is 32.2. The second-order valence-electron chi connectivity index (χ2n) is 6.68. The topological polar surface area (TPSA) is 77.5 Å². The third-order valence-electron chi connectivity index (χ3n) is 4.59. The Bertz CT molecular complexity index is 995. The van der Waals surface area contributed by atoms with Crippen LogP contribution < -0.4 is 0 Å². The van der Waals surface area contributed by atoms with Gasteiger partial charge < -0.3 is 4.74 Å². The zero-order valence-corrected chi connectivity index (χ0v) is 18.4. The van der Waals surface area contributed by atoms with E-state index in [2.05, 4.69) is 31.2 Å². The highest BCUT2D eigenvalue weighted by Gasteiger charge is 2.21. The van der Waals surface area contributed by atoms with Crippen molar-refractivity contribution in [1.29, 1.82) is 0 Å². The first-order valence-corrected chi connectivity index (χ1v) is 11.1. The van der Waals surface area contributed by atoms with Crippen molar-refractivity contribution in [3.8, 4) is 0 Å². The van der Waals surface area contributed by atoms with Crippen molar-refractivity contribution in [3.05, 3.63) is 81.9 Å². The average Bonchev–Trinajstić information content (AvgIpc) is 2.78. The summed E-state index contributed by atoms with van der Waals surface area (Å²) in [5.74, 6) is 1.20. The van der Waals surface area contributed by atoms with Gasteiger partial charge in [0.1, 0.15) is 0 Å². The monoisotopic (exact) mass is 436 g/mol. The molecule has 0 unspecified atom stereocenters. The minimum Gasteiger partial charge on any atom is -0.462 e. The Morgan fingerprint density at radius 3 is 1.87 bits per heavy atom. The van der Waals surface area contributed by atoms with E-state index in [1.165, 1.54) is 5.56 Å². The number of rotatable bonds is 5. The van der Waals surface area contributed by atoms with Gasteiger partial charge in [0.2, 0.25) is 0 Å². The Morgan fingerprint density at radius 2 is 1.42 bits per heavy atom. The van der Waals surface area contributed by atoms with Gasteiger partial charge in [0, 0.05) is 22.7 Å². The van der Waals surface area contributed by atoms with Gasteiger partial charge in [0.15, 0.2) is 5.78 Å². The summed E-state index contributed by atoms with van der Waals surface area (Å²) in [4.78, 5) is 40.9. The summed E-state index contributed by atoms with van der Waals surface area (Å²) in [6.45, 7) is 4.27. The lowest BCUT2D eigenvalue weighted by Gasteiger charge is -2.16. The molecule has 31 heavy (non-hydrogen) atoms. The second-order valence-corrected chi connectivity index (χ2v) is 7.67. The van der Waals surface area contributed by atoms with Crippen LogP contribution in [0.2, 0.25) is 0 Å². The molecule has 0 aliphatic carbocycles. The van der Waals surface area contributed by atoms with E-state index in [9.17, 15) is 9.59 Å². The third kappa shape index (κ3) is 7.21. The molecule has 1 heterocycles. The first-order valence-electron chi connectivity index (χ1n) is 9.91. The molecule has 5 nitrogen and oxygen atoms in total. The summed E-state index contributed by atoms with van der Waals surface area (Å²) >= 11 is 1.74. The number of ketones is 1. The number of benzene rings is 2.